The first kappa shape index (κ1) is 13.1. The number of carbonyl (C=O) groups is 1. The maximum atomic E-state index is 11.3. The van der Waals surface area contributed by atoms with E-state index >= 15 is 0 Å². The largest absolute Gasteiger partial charge is 0.465 e. The van der Waals surface area contributed by atoms with E-state index in [1.54, 1.807) is 12.1 Å². The second kappa shape index (κ2) is 6.52. The normalized spacial score (nSPS) is 15.8. The molecule has 0 aliphatic heterocycles. The van der Waals surface area contributed by atoms with Crippen molar-refractivity contribution in [3.8, 4) is 0 Å². The van der Waals surface area contributed by atoms with Crippen LogP contribution < -0.4 is 5.48 Å². The van der Waals surface area contributed by atoms with Crippen molar-refractivity contribution in [2.45, 2.75) is 38.3 Å². The van der Waals surface area contributed by atoms with Crippen LogP contribution in [0.4, 0.5) is 0 Å². The van der Waals surface area contributed by atoms with Crippen LogP contribution in [0.5, 0.6) is 0 Å². The number of rotatable bonds is 5. The predicted molar refractivity (Wildman–Crippen MR) is 68.0 cm³/mol. The summed E-state index contributed by atoms with van der Waals surface area (Å²) in [7, 11) is 1.38. The zero-order chi connectivity index (χ0) is 12.8. The Morgan fingerprint density at radius 1 is 1.28 bits per heavy atom. The molecule has 18 heavy (non-hydrogen) atoms. The average molecular weight is 249 g/mol. The van der Waals surface area contributed by atoms with Crippen LogP contribution in [0.2, 0.25) is 0 Å². The van der Waals surface area contributed by atoms with Crippen molar-refractivity contribution < 1.29 is 14.4 Å². The van der Waals surface area contributed by atoms with Gasteiger partial charge in [-0.05, 0) is 30.5 Å². The van der Waals surface area contributed by atoms with Gasteiger partial charge < -0.3 is 4.74 Å². The maximum absolute atomic E-state index is 11.3. The Morgan fingerprint density at radius 3 is 2.56 bits per heavy atom. The van der Waals surface area contributed by atoms with Crippen molar-refractivity contribution in [3.05, 3.63) is 35.4 Å². The Morgan fingerprint density at radius 2 is 1.94 bits per heavy atom. The molecule has 0 aromatic heterocycles. The minimum atomic E-state index is -0.309. The number of methoxy groups -OCH3 is 1. The molecule has 1 saturated carbocycles. The highest BCUT2D eigenvalue weighted by molar-refractivity contribution is 5.89. The molecule has 1 aliphatic rings. The monoisotopic (exact) mass is 249 g/mol. The molecule has 98 valence electrons. The SMILES string of the molecule is COC(=O)c1ccc(CNOC2CCCC2)cc1. The highest BCUT2D eigenvalue weighted by Crippen LogP contribution is 2.20. The van der Waals surface area contributed by atoms with E-state index in [4.69, 9.17) is 4.84 Å². The third-order valence-corrected chi connectivity index (χ3v) is 3.20. The smallest absolute Gasteiger partial charge is 0.337 e. The van der Waals surface area contributed by atoms with Crippen LogP contribution in [-0.2, 0) is 16.1 Å². The van der Waals surface area contributed by atoms with Gasteiger partial charge in [-0.25, -0.2) is 4.79 Å². The van der Waals surface area contributed by atoms with Gasteiger partial charge in [0.2, 0.25) is 0 Å². The van der Waals surface area contributed by atoms with Crippen LogP contribution >= 0.6 is 0 Å². The molecule has 0 radical (unpaired) electrons. The van der Waals surface area contributed by atoms with Gasteiger partial charge in [0.1, 0.15) is 0 Å². The molecule has 4 heteroatoms. The zero-order valence-electron chi connectivity index (χ0n) is 10.6. The quantitative estimate of drug-likeness (QED) is 0.643. The summed E-state index contributed by atoms with van der Waals surface area (Å²) in [6, 6.07) is 7.32. The molecule has 1 N–H and O–H groups in total. The number of benzene rings is 1. The molecule has 1 fully saturated rings. The van der Waals surface area contributed by atoms with Crippen LogP contribution in [0.3, 0.4) is 0 Å². The fourth-order valence-electron chi connectivity index (χ4n) is 2.13. The van der Waals surface area contributed by atoms with E-state index < -0.39 is 0 Å². The number of hydrogen-bond donors (Lipinski definition) is 1. The first-order valence-electron chi connectivity index (χ1n) is 6.35. The van der Waals surface area contributed by atoms with Gasteiger partial charge in [0.15, 0.2) is 0 Å². The molecule has 0 amide bonds. The molecule has 1 aromatic carbocycles. The molecular formula is C14H19NO3. The van der Waals surface area contributed by atoms with Crippen LogP contribution in [0, 0.1) is 0 Å². The molecule has 0 saturated heterocycles. The summed E-state index contributed by atoms with van der Waals surface area (Å²) in [5.41, 5.74) is 4.64. The summed E-state index contributed by atoms with van der Waals surface area (Å²) >= 11 is 0. The van der Waals surface area contributed by atoms with Crippen molar-refractivity contribution in [2.24, 2.45) is 0 Å². The Bertz CT molecular complexity index is 383. The summed E-state index contributed by atoms with van der Waals surface area (Å²) in [4.78, 5) is 16.8. The lowest BCUT2D eigenvalue weighted by atomic mass is 10.1. The number of esters is 1. The van der Waals surface area contributed by atoms with Gasteiger partial charge in [-0.15, -0.1) is 0 Å². The fraction of sp³-hybridized carbons (Fsp3) is 0.500. The molecule has 0 heterocycles. The second-order valence-electron chi connectivity index (χ2n) is 4.53. The van der Waals surface area contributed by atoms with Crippen molar-refractivity contribution in [1.29, 1.82) is 0 Å². The van der Waals surface area contributed by atoms with Crippen molar-refractivity contribution in [2.75, 3.05) is 7.11 Å². The molecule has 1 aromatic rings. The van der Waals surface area contributed by atoms with Gasteiger partial charge in [-0.2, -0.15) is 5.48 Å². The highest BCUT2D eigenvalue weighted by atomic mass is 16.7. The topological polar surface area (TPSA) is 47.6 Å². The summed E-state index contributed by atoms with van der Waals surface area (Å²) in [6.45, 7) is 0.651. The number of carbonyl (C=O) groups excluding carboxylic acids is 1. The highest BCUT2D eigenvalue weighted by Gasteiger charge is 2.15. The van der Waals surface area contributed by atoms with E-state index in [2.05, 4.69) is 10.2 Å². The van der Waals surface area contributed by atoms with Crippen molar-refractivity contribution in [1.82, 2.24) is 5.48 Å². The molecular weight excluding hydrogens is 230 g/mol. The van der Waals surface area contributed by atoms with Crippen LogP contribution in [0.1, 0.15) is 41.6 Å². The minimum absolute atomic E-state index is 0.309. The minimum Gasteiger partial charge on any atom is -0.465 e. The molecule has 0 atom stereocenters. The first-order chi connectivity index (χ1) is 8.79. The third kappa shape index (κ3) is 3.55. The van der Waals surface area contributed by atoms with Crippen molar-refractivity contribution in [3.63, 3.8) is 0 Å². The molecule has 0 bridgehead atoms. The molecule has 2 rings (SSSR count). The van der Waals surface area contributed by atoms with Gasteiger partial charge in [-0.1, -0.05) is 25.0 Å². The van der Waals surface area contributed by atoms with Gasteiger partial charge in [-0.3, -0.25) is 4.84 Å². The van der Waals surface area contributed by atoms with E-state index in [0.717, 1.165) is 18.4 Å². The molecule has 1 aliphatic carbocycles. The number of hydrogen-bond acceptors (Lipinski definition) is 4. The second-order valence-corrected chi connectivity index (χ2v) is 4.53. The maximum Gasteiger partial charge on any atom is 0.337 e. The lowest BCUT2D eigenvalue weighted by molar-refractivity contribution is -0.0244. The van der Waals surface area contributed by atoms with E-state index in [0.29, 0.717) is 18.2 Å². The number of hydroxylamine groups is 1. The Labute approximate surface area is 107 Å². The van der Waals surface area contributed by atoms with Gasteiger partial charge in [0.05, 0.1) is 18.8 Å². The Balaban J connectivity index is 1.77. The van der Waals surface area contributed by atoms with Gasteiger partial charge in [0, 0.05) is 6.54 Å². The Hall–Kier alpha value is -1.39. The summed E-state index contributed by atoms with van der Waals surface area (Å²) in [6.07, 6.45) is 5.18. The van der Waals surface area contributed by atoms with E-state index in [1.165, 1.54) is 20.0 Å². The lowest BCUT2D eigenvalue weighted by Crippen LogP contribution is -2.21. The molecule has 0 spiro atoms. The van der Waals surface area contributed by atoms with Crippen LogP contribution in [0.25, 0.3) is 0 Å². The number of ether oxygens (including phenoxy) is 1. The van der Waals surface area contributed by atoms with Crippen molar-refractivity contribution >= 4 is 5.97 Å². The van der Waals surface area contributed by atoms with Gasteiger partial charge >= 0.3 is 5.97 Å². The van der Waals surface area contributed by atoms with E-state index in [-0.39, 0.29) is 5.97 Å². The Kier molecular flexibility index (Phi) is 4.73. The summed E-state index contributed by atoms with van der Waals surface area (Å²) in [5.74, 6) is -0.309. The van der Waals surface area contributed by atoms with Crippen LogP contribution in [0.15, 0.2) is 24.3 Å². The fourth-order valence-corrected chi connectivity index (χ4v) is 2.13. The lowest BCUT2D eigenvalue weighted by Gasteiger charge is -2.11. The van der Waals surface area contributed by atoms with E-state index in [1.807, 2.05) is 12.1 Å². The zero-order valence-corrected chi connectivity index (χ0v) is 10.6. The summed E-state index contributed by atoms with van der Waals surface area (Å²) in [5, 5.41) is 0. The van der Waals surface area contributed by atoms with Gasteiger partial charge in [0.25, 0.3) is 0 Å². The standard InChI is InChI=1S/C14H19NO3/c1-17-14(16)12-8-6-11(7-9-12)10-15-18-13-4-2-3-5-13/h6-9,13,15H,2-5,10H2,1H3. The van der Waals surface area contributed by atoms with Crippen LogP contribution in [-0.4, -0.2) is 19.2 Å². The number of nitrogens with one attached hydrogen (secondary N) is 1. The molecule has 4 nitrogen and oxygen atoms in total. The molecule has 0 unspecified atom stereocenters. The predicted octanol–water partition coefficient (Wildman–Crippen LogP) is 2.44. The first-order valence-corrected chi connectivity index (χ1v) is 6.35. The third-order valence-electron chi connectivity index (χ3n) is 3.20. The summed E-state index contributed by atoms with van der Waals surface area (Å²) < 4.78 is 4.65. The van der Waals surface area contributed by atoms with E-state index in [9.17, 15) is 4.79 Å². The average Bonchev–Trinajstić information content (AvgIpc) is 2.92.